The molecule has 0 spiro atoms. The van der Waals surface area contributed by atoms with Gasteiger partial charge in [0.2, 0.25) is 0 Å². The van der Waals surface area contributed by atoms with Gasteiger partial charge in [-0.2, -0.15) is 0 Å². The number of nitrogens with zero attached hydrogens (tertiary/aromatic N) is 5. The second kappa shape index (κ2) is 12.3. The predicted molar refractivity (Wildman–Crippen MR) is 158 cm³/mol. The van der Waals surface area contributed by atoms with Crippen molar-refractivity contribution in [2.24, 2.45) is 0 Å². The van der Waals surface area contributed by atoms with Crippen LogP contribution in [0.1, 0.15) is 33.6 Å². The molecule has 2 aliphatic rings. The van der Waals surface area contributed by atoms with E-state index in [1.807, 2.05) is 53.6 Å². The lowest BCUT2D eigenvalue weighted by Gasteiger charge is -2.35. The van der Waals surface area contributed by atoms with Crippen LogP contribution in [0.2, 0.25) is 25.7 Å². The molecular weight excluding hydrogens is 532 g/mol. The van der Waals surface area contributed by atoms with E-state index in [9.17, 15) is 9.59 Å². The molecule has 10 nitrogen and oxygen atoms in total. The summed E-state index contributed by atoms with van der Waals surface area (Å²) in [6.45, 7) is 15.6. The van der Waals surface area contributed by atoms with E-state index in [1.165, 1.54) is 0 Å². The van der Waals surface area contributed by atoms with Crippen molar-refractivity contribution in [1.82, 2.24) is 24.8 Å². The third-order valence-corrected chi connectivity index (χ3v) is 9.22. The maximum atomic E-state index is 13.5. The van der Waals surface area contributed by atoms with Gasteiger partial charge in [-0.25, -0.2) is 14.8 Å². The number of fused-ring (bicyclic) bond motifs is 1. The van der Waals surface area contributed by atoms with Crippen molar-refractivity contribution in [2.45, 2.75) is 77.7 Å². The van der Waals surface area contributed by atoms with Crippen molar-refractivity contribution in [3.05, 3.63) is 29.7 Å². The molecule has 0 aromatic carbocycles. The number of nitrogens with one attached hydrogen (secondary N) is 1. The van der Waals surface area contributed by atoms with Gasteiger partial charge in [-0.1, -0.05) is 19.6 Å². The van der Waals surface area contributed by atoms with Gasteiger partial charge < -0.3 is 29.2 Å². The van der Waals surface area contributed by atoms with E-state index >= 15 is 0 Å². The number of carbonyl (C=O) groups excluding carboxylic acids is 2. The summed E-state index contributed by atoms with van der Waals surface area (Å²) in [4.78, 5) is 39.4. The highest BCUT2D eigenvalue weighted by molar-refractivity contribution is 8.04. The van der Waals surface area contributed by atoms with Crippen LogP contribution in [0, 0.1) is 0 Å². The fraction of sp³-hybridized carbons (Fsp3) is 0.630. The lowest BCUT2D eigenvalue weighted by atomic mass is 10.1. The number of anilines is 1. The minimum Gasteiger partial charge on any atom is -0.444 e. The van der Waals surface area contributed by atoms with Crippen LogP contribution in [0.25, 0.3) is 11.0 Å². The van der Waals surface area contributed by atoms with E-state index in [0.29, 0.717) is 24.7 Å². The molecule has 12 heteroatoms. The molecule has 4 heterocycles. The van der Waals surface area contributed by atoms with E-state index in [-0.39, 0.29) is 11.9 Å². The van der Waals surface area contributed by atoms with Gasteiger partial charge in [-0.05, 0) is 45.7 Å². The molecule has 2 aromatic rings. The normalized spacial score (nSPS) is 18.7. The van der Waals surface area contributed by atoms with Crippen molar-refractivity contribution in [2.75, 3.05) is 36.9 Å². The van der Waals surface area contributed by atoms with E-state index in [0.717, 1.165) is 54.6 Å². The Morgan fingerprint density at radius 2 is 2.00 bits per heavy atom. The highest BCUT2D eigenvalue weighted by Gasteiger charge is 2.30. The zero-order chi connectivity index (χ0) is 28.2. The van der Waals surface area contributed by atoms with Gasteiger partial charge in [0.15, 0.2) is 0 Å². The van der Waals surface area contributed by atoms with Gasteiger partial charge in [0, 0.05) is 58.5 Å². The van der Waals surface area contributed by atoms with Crippen LogP contribution in [-0.2, 0) is 21.0 Å². The molecule has 39 heavy (non-hydrogen) atoms. The van der Waals surface area contributed by atoms with Crippen LogP contribution in [0.4, 0.5) is 10.6 Å². The molecule has 2 aromatic heterocycles. The summed E-state index contributed by atoms with van der Waals surface area (Å²) in [6, 6.07) is 3.01. The van der Waals surface area contributed by atoms with Crippen LogP contribution in [0.5, 0.6) is 0 Å². The molecule has 1 fully saturated rings. The first-order chi connectivity index (χ1) is 18.4. The van der Waals surface area contributed by atoms with Crippen LogP contribution >= 0.6 is 11.8 Å². The van der Waals surface area contributed by atoms with Crippen LogP contribution < -0.4 is 10.2 Å². The van der Waals surface area contributed by atoms with Crippen LogP contribution in [0.3, 0.4) is 0 Å². The Balaban J connectivity index is 1.42. The standard InChI is InChI=1S/C27H42N6O4SSi/c1-27(2,3)37-26(35)30-20-8-7-10-32(16-20)25(34)22-17-31(12-14-38-22)23-21-9-11-33(24(21)29-18-28-23)19-36-13-15-39(4,5)6/h9,11,17-18,20H,7-8,10,12-16,19H2,1-6H3,(H,30,35)/t20-/m1/s1. The summed E-state index contributed by atoms with van der Waals surface area (Å²) in [6.07, 6.45) is 6.67. The van der Waals surface area contributed by atoms with Gasteiger partial charge in [0.05, 0.1) is 10.3 Å². The van der Waals surface area contributed by atoms with E-state index in [2.05, 4.69) is 34.9 Å². The van der Waals surface area contributed by atoms with Crippen LogP contribution in [-0.4, -0.2) is 83.1 Å². The number of piperidine rings is 1. The summed E-state index contributed by atoms with van der Waals surface area (Å²) in [7, 11) is -1.14. The van der Waals surface area contributed by atoms with Crippen molar-refractivity contribution in [3.63, 3.8) is 0 Å². The molecule has 214 valence electrons. The second-order valence-electron chi connectivity index (χ2n) is 12.3. The van der Waals surface area contributed by atoms with E-state index < -0.39 is 19.8 Å². The van der Waals surface area contributed by atoms with Crippen molar-refractivity contribution < 1.29 is 19.1 Å². The van der Waals surface area contributed by atoms with Crippen molar-refractivity contribution in [1.29, 1.82) is 0 Å². The van der Waals surface area contributed by atoms with Gasteiger partial charge in [0.1, 0.15) is 30.1 Å². The Kier molecular flexibility index (Phi) is 9.28. The number of alkyl carbamates (subject to hydrolysis) is 1. The molecule has 0 saturated carbocycles. The SMILES string of the molecule is CC(C)(C)OC(=O)N[C@@H]1CCCN(C(=O)C2=CN(c3ncnc4c3ccn4COCC[Si](C)(C)C)CCS2)C1. The largest absolute Gasteiger partial charge is 0.444 e. The summed E-state index contributed by atoms with van der Waals surface area (Å²) in [5.41, 5.74) is 0.259. The number of hydrogen-bond donors (Lipinski definition) is 1. The second-order valence-corrected chi connectivity index (χ2v) is 19.1. The molecule has 2 aliphatic heterocycles. The summed E-state index contributed by atoms with van der Waals surface area (Å²) in [5.74, 6) is 1.55. The Morgan fingerprint density at radius 1 is 1.21 bits per heavy atom. The fourth-order valence-electron chi connectivity index (χ4n) is 4.56. The zero-order valence-corrected chi connectivity index (χ0v) is 25.8. The molecule has 1 N–H and O–H groups in total. The maximum absolute atomic E-state index is 13.5. The topological polar surface area (TPSA) is 102 Å². The van der Waals surface area contributed by atoms with E-state index in [4.69, 9.17) is 9.47 Å². The quantitative estimate of drug-likeness (QED) is 0.359. The highest BCUT2D eigenvalue weighted by atomic mass is 32.2. The molecule has 0 unspecified atom stereocenters. The Bertz CT molecular complexity index is 1210. The fourth-order valence-corrected chi connectivity index (χ4v) is 6.27. The third-order valence-electron chi connectivity index (χ3n) is 6.54. The van der Waals surface area contributed by atoms with Crippen molar-refractivity contribution >= 4 is 48.7 Å². The number of amides is 2. The Hall–Kier alpha value is -2.57. The third kappa shape index (κ3) is 8.21. The lowest BCUT2D eigenvalue weighted by Crippen LogP contribution is -2.51. The minimum atomic E-state index is -1.14. The van der Waals surface area contributed by atoms with E-state index in [1.54, 1.807) is 18.1 Å². The monoisotopic (exact) mass is 574 g/mol. The molecule has 1 atom stereocenters. The zero-order valence-electron chi connectivity index (χ0n) is 24.0. The smallest absolute Gasteiger partial charge is 0.407 e. The maximum Gasteiger partial charge on any atom is 0.407 e. The van der Waals surface area contributed by atoms with Gasteiger partial charge in [-0.15, -0.1) is 11.8 Å². The number of carbonyl (C=O) groups is 2. The number of thioether (sulfide) groups is 1. The summed E-state index contributed by atoms with van der Waals surface area (Å²) < 4.78 is 13.3. The number of rotatable bonds is 8. The summed E-state index contributed by atoms with van der Waals surface area (Å²) in [5, 5.41) is 3.86. The molecular formula is C27H42N6O4SSi. The molecule has 0 bridgehead atoms. The van der Waals surface area contributed by atoms with Crippen LogP contribution in [0.15, 0.2) is 29.7 Å². The number of aromatic nitrogens is 3. The number of likely N-dealkylation sites (tertiary alicyclic amines) is 1. The van der Waals surface area contributed by atoms with Gasteiger partial charge in [0.25, 0.3) is 5.91 Å². The highest BCUT2D eigenvalue weighted by Crippen LogP contribution is 2.31. The predicted octanol–water partition coefficient (Wildman–Crippen LogP) is 4.65. The molecule has 4 rings (SSSR count). The lowest BCUT2D eigenvalue weighted by molar-refractivity contribution is -0.127. The first kappa shape index (κ1) is 29.4. The van der Waals surface area contributed by atoms with Crippen molar-refractivity contribution in [3.8, 4) is 0 Å². The Labute approximate surface area is 236 Å². The minimum absolute atomic E-state index is 0.0148. The molecule has 1 saturated heterocycles. The molecule has 0 aliphatic carbocycles. The number of ether oxygens (including phenoxy) is 2. The molecule has 2 amide bonds. The van der Waals surface area contributed by atoms with Gasteiger partial charge >= 0.3 is 6.09 Å². The average Bonchev–Trinajstić information content (AvgIpc) is 3.28. The number of hydrogen-bond acceptors (Lipinski definition) is 8. The average molecular weight is 575 g/mol. The first-order valence-corrected chi connectivity index (χ1v) is 18.4. The molecule has 0 radical (unpaired) electrons. The Morgan fingerprint density at radius 3 is 2.74 bits per heavy atom. The van der Waals surface area contributed by atoms with Gasteiger partial charge in [-0.3, -0.25) is 4.79 Å². The first-order valence-electron chi connectivity index (χ1n) is 13.7. The summed E-state index contributed by atoms with van der Waals surface area (Å²) >= 11 is 1.56.